The molecule has 4 aromatic rings. The summed E-state index contributed by atoms with van der Waals surface area (Å²) in [4.78, 5) is 11.1. The van der Waals surface area contributed by atoms with Crippen molar-refractivity contribution in [1.29, 1.82) is 5.26 Å². The number of nitrogens with zero attached hydrogens (tertiary/aromatic N) is 2. The van der Waals surface area contributed by atoms with E-state index in [4.69, 9.17) is 5.11 Å². The highest BCUT2D eigenvalue weighted by Crippen LogP contribution is 2.32. The first-order valence-electron chi connectivity index (χ1n) is 10.2. The lowest BCUT2D eigenvalue weighted by molar-refractivity contribution is -0.274. The Kier molecular flexibility index (Phi) is 6.30. The van der Waals surface area contributed by atoms with Crippen LogP contribution in [0.15, 0.2) is 72.9 Å². The summed E-state index contributed by atoms with van der Waals surface area (Å²) < 4.78 is 57.4. The fraction of sp³-hybridized carbons (Fsp3) is 0.0769. The number of benzene rings is 3. The van der Waals surface area contributed by atoms with Crippen LogP contribution in [0.25, 0.3) is 22.6 Å². The lowest BCUT2D eigenvalue weighted by Gasteiger charge is -2.10. The van der Waals surface area contributed by atoms with Gasteiger partial charge in [-0.05, 0) is 53.6 Å². The molecule has 0 bridgehead atoms. The van der Waals surface area contributed by atoms with E-state index in [1.807, 2.05) is 0 Å². The highest BCUT2D eigenvalue weighted by atomic mass is 19.4. The van der Waals surface area contributed by atoms with Crippen molar-refractivity contribution in [3.8, 4) is 11.8 Å². The van der Waals surface area contributed by atoms with E-state index in [1.165, 1.54) is 54.6 Å². The molecule has 1 heterocycles. The number of allylic oxidation sites excluding steroid dienone is 1. The van der Waals surface area contributed by atoms with Gasteiger partial charge in [0.2, 0.25) is 0 Å². The maximum Gasteiger partial charge on any atom is 0.573 e. The molecule has 1 N–H and O–H groups in total. The molecule has 0 saturated heterocycles. The molecule has 0 saturated carbocycles. The normalized spacial score (nSPS) is 11.9. The average molecular weight is 480 g/mol. The van der Waals surface area contributed by atoms with Crippen molar-refractivity contribution in [2.75, 3.05) is 0 Å². The summed E-state index contributed by atoms with van der Waals surface area (Å²) in [5.41, 5.74) is 2.47. The summed E-state index contributed by atoms with van der Waals surface area (Å²) in [6.45, 7) is 0.231. The van der Waals surface area contributed by atoms with Gasteiger partial charge in [0.25, 0.3) is 0 Å². The quantitative estimate of drug-likeness (QED) is 0.253. The minimum Gasteiger partial charge on any atom is -0.478 e. The van der Waals surface area contributed by atoms with E-state index in [-0.39, 0.29) is 17.7 Å². The standard InChI is InChI=1S/C26H16F4N2O3/c27-21-7-1-16(2-8-21)14-32-15-20(23-10-9-22(12-24(23)32)35-26(28,29)30)11-19(13-31)17-3-5-18(6-4-17)25(33)34/h1-12,15H,14H2,(H,33,34)/b19-11+. The van der Waals surface area contributed by atoms with E-state index in [0.29, 0.717) is 27.6 Å². The van der Waals surface area contributed by atoms with Gasteiger partial charge in [0, 0.05) is 29.8 Å². The molecule has 4 rings (SSSR count). The van der Waals surface area contributed by atoms with Gasteiger partial charge in [0.1, 0.15) is 11.6 Å². The van der Waals surface area contributed by atoms with E-state index < -0.39 is 23.9 Å². The molecule has 0 fully saturated rings. The molecule has 176 valence electrons. The number of carbonyl (C=O) groups is 1. The largest absolute Gasteiger partial charge is 0.573 e. The van der Waals surface area contributed by atoms with Crippen LogP contribution in [0, 0.1) is 17.1 Å². The van der Waals surface area contributed by atoms with Crippen molar-refractivity contribution < 1.29 is 32.2 Å². The Morgan fingerprint density at radius 1 is 1.03 bits per heavy atom. The molecular weight excluding hydrogens is 464 g/mol. The van der Waals surface area contributed by atoms with E-state index >= 15 is 0 Å². The molecule has 5 nitrogen and oxygen atoms in total. The average Bonchev–Trinajstić information content (AvgIpc) is 3.14. The van der Waals surface area contributed by atoms with Crippen LogP contribution in [-0.2, 0) is 6.54 Å². The van der Waals surface area contributed by atoms with Crippen LogP contribution < -0.4 is 4.74 Å². The third-order valence-electron chi connectivity index (χ3n) is 5.25. The zero-order valence-corrected chi connectivity index (χ0v) is 17.9. The first-order valence-corrected chi connectivity index (χ1v) is 10.2. The SMILES string of the molecule is N#C/C(=C\c1cn(Cc2ccc(F)cc2)c2cc(OC(F)(F)F)ccc12)c1ccc(C(=O)O)cc1. The molecule has 0 spiro atoms. The van der Waals surface area contributed by atoms with Gasteiger partial charge in [-0.2, -0.15) is 5.26 Å². The maximum absolute atomic E-state index is 13.3. The van der Waals surface area contributed by atoms with Gasteiger partial charge in [-0.15, -0.1) is 13.2 Å². The minimum absolute atomic E-state index is 0.0686. The van der Waals surface area contributed by atoms with E-state index in [1.54, 1.807) is 29.0 Å². The third-order valence-corrected chi connectivity index (χ3v) is 5.25. The smallest absolute Gasteiger partial charge is 0.478 e. The zero-order chi connectivity index (χ0) is 25.2. The molecule has 9 heteroatoms. The summed E-state index contributed by atoms with van der Waals surface area (Å²) in [5.74, 6) is -1.91. The van der Waals surface area contributed by atoms with Crippen molar-refractivity contribution >= 4 is 28.5 Å². The van der Waals surface area contributed by atoms with Crippen LogP contribution in [0.3, 0.4) is 0 Å². The Morgan fingerprint density at radius 3 is 2.29 bits per heavy atom. The molecule has 3 aromatic carbocycles. The van der Waals surface area contributed by atoms with Gasteiger partial charge in [-0.1, -0.05) is 24.3 Å². The van der Waals surface area contributed by atoms with E-state index in [0.717, 1.165) is 0 Å². The maximum atomic E-state index is 13.3. The predicted octanol–water partition coefficient (Wildman–Crippen LogP) is 6.49. The highest BCUT2D eigenvalue weighted by molar-refractivity contribution is 5.99. The number of alkyl halides is 3. The lowest BCUT2D eigenvalue weighted by atomic mass is 10.0. The Morgan fingerprint density at radius 2 is 1.69 bits per heavy atom. The second-order valence-electron chi connectivity index (χ2n) is 7.62. The van der Waals surface area contributed by atoms with Gasteiger partial charge in [-0.25, -0.2) is 9.18 Å². The van der Waals surface area contributed by atoms with Crippen LogP contribution in [0.2, 0.25) is 0 Å². The number of halogens is 4. The molecule has 0 aliphatic heterocycles. The predicted molar refractivity (Wildman–Crippen MR) is 121 cm³/mol. The van der Waals surface area contributed by atoms with Crippen LogP contribution in [-0.4, -0.2) is 22.0 Å². The second kappa shape index (κ2) is 9.35. The summed E-state index contributed by atoms with van der Waals surface area (Å²) >= 11 is 0. The van der Waals surface area contributed by atoms with E-state index in [9.17, 15) is 27.6 Å². The fourth-order valence-electron chi connectivity index (χ4n) is 3.66. The second-order valence-corrected chi connectivity index (χ2v) is 7.62. The Bertz CT molecular complexity index is 1460. The fourth-order valence-corrected chi connectivity index (χ4v) is 3.66. The number of aromatic carboxylic acids is 1. The van der Waals surface area contributed by atoms with Crippen molar-refractivity contribution in [2.45, 2.75) is 12.9 Å². The topological polar surface area (TPSA) is 75.2 Å². The molecule has 0 atom stereocenters. The number of hydrogen-bond acceptors (Lipinski definition) is 3. The molecular formula is C26H16F4N2O3. The van der Waals surface area contributed by atoms with Crippen molar-refractivity contribution in [3.63, 3.8) is 0 Å². The first-order chi connectivity index (χ1) is 16.6. The Labute approximate surface area is 196 Å². The number of rotatable bonds is 6. The molecule has 0 unspecified atom stereocenters. The monoisotopic (exact) mass is 480 g/mol. The first kappa shape index (κ1) is 23.6. The lowest BCUT2D eigenvalue weighted by Crippen LogP contribution is -2.17. The van der Waals surface area contributed by atoms with Crippen molar-refractivity contribution in [2.24, 2.45) is 0 Å². The number of nitriles is 1. The molecule has 0 aliphatic carbocycles. The third kappa shape index (κ3) is 5.50. The minimum atomic E-state index is -4.86. The number of aromatic nitrogens is 1. The summed E-state index contributed by atoms with van der Waals surface area (Å²) in [6.07, 6.45) is -1.61. The molecule has 1 aromatic heterocycles. The van der Waals surface area contributed by atoms with Gasteiger partial charge in [-0.3, -0.25) is 0 Å². The number of hydrogen-bond donors (Lipinski definition) is 1. The van der Waals surface area contributed by atoms with E-state index in [2.05, 4.69) is 10.8 Å². The van der Waals surface area contributed by atoms with Gasteiger partial charge >= 0.3 is 12.3 Å². The zero-order valence-electron chi connectivity index (χ0n) is 17.9. The van der Waals surface area contributed by atoms with Crippen molar-refractivity contribution in [1.82, 2.24) is 4.57 Å². The van der Waals surface area contributed by atoms with Crippen LogP contribution in [0.4, 0.5) is 17.6 Å². The van der Waals surface area contributed by atoms with Crippen molar-refractivity contribution in [3.05, 3.63) is 101 Å². The molecule has 35 heavy (non-hydrogen) atoms. The van der Waals surface area contributed by atoms with Crippen LogP contribution in [0.5, 0.6) is 5.75 Å². The number of ether oxygens (including phenoxy) is 1. The molecule has 0 radical (unpaired) electrons. The van der Waals surface area contributed by atoms with Gasteiger partial charge in [0.05, 0.1) is 22.7 Å². The van der Waals surface area contributed by atoms with Crippen LogP contribution in [0.1, 0.15) is 27.0 Å². The highest BCUT2D eigenvalue weighted by Gasteiger charge is 2.31. The number of carboxylic acids is 1. The Balaban J connectivity index is 1.81. The Hall–Kier alpha value is -4.58. The van der Waals surface area contributed by atoms with Crippen LogP contribution >= 0.6 is 0 Å². The summed E-state index contributed by atoms with van der Waals surface area (Å²) in [7, 11) is 0. The number of fused-ring (bicyclic) bond motifs is 1. The summed E-state index contributed by atoms with van der Waals surface area (Å²) in [6, 6.07) is 17.4. The van der Waals surface area contributed by atoms with Gasteiger partial charge in [0.15, 0.2) is 0 Å². The molecule has 0 amide bonds. The summed E-state index contributed by atoms with van der Waals surface area (Å²) in [5, 5.41) is 19.3. The van der Waals surface area contributed by atoms with Gasteiger partial charge < -0.3 is 14.4 Å². The molecule has 0 aliphatic rings. The number of carboxylic acid groups (broad SMARTS) is 1.